The molecule has 2 saturated heterocycles. The summed E-state index contributed by atoms with van der Waals surface area (Å²) >= 11 is 0. The number of carbonyl (C=O) groups is 1. The van der Waals surface area contributed by atoms with E-state index in [-0.39, 0.29) is 17.9 Å². The third-order valence-electron chi connectivity index (χ3n) is 4.56. The molecule has 1 aromatic heterocycles. The summed E-state index contributed by atoms with van der Waals surface area (Å²) in [6, 6.07) is 7.12. The average molecular weight is 300 g/mol. The van der Waals surface area contributed by atoms with Crippen LogP contribution in [0.2, 0.25) is 0 Å². The zero-order valence-corrected chi connectivity index (χ0v) is 12.0. The molecule has 2 fully saturated rings. The number of nitrogens with one attached hydrogen (secondary N) is 2. The van der Waals surface area contributed by atoms with E-state index < -0.39 is 0 Å². The van der Waals surface area contributed by atoms with Crippen molar-refractivity contribution in [3.05, 3.63) is 42.5 Å². The molecule has 2 aromatic rings. The predicted octanol–water partition coefficient (Wildman–Crippen LogP) is 2.14. The molecule has 2 N–H and O–H groups in total. The summed E-state index contributed by atoms with van der Waals surface area (Å²) in [5.41, 5.74) is 1.43. The summed E-state index contributed by atoms with van der Waals surface area (Å²) in [6.07, 6.45) is 6.50. The van der Waals surface area contributed by atoms with Crippen LogP contribution in [-0.2, 0) is 0 Å². The van der Waals surface area contributed by atoms with Gasteiger partial charge in [-0.2, -0.15) is 9.78 Å². The van der Waals surface area contributed by atoms with Crippen LogP contribution in [0.5, 0.6) is 0 Å². The first kappa shape index (κ1) is 13.5. The number of rotatable bonds is 2. The van der Waals surface area contributed by atoms with Crippen molar-refractivity contribution in [3.63, 3.8) is 0 Å². The van der Waals surface area contributed by atoms with Crippen molar-refractivity contribution in [2.45, 2.75) is 37.4 Å². The van der Waals surface area contributed by atoms with E-state index in [9.17, 15) is 9.18 Å². The molecule has 6 heteroatoms. The van der Waals surface area contributed by atoms with E-state index in [0.717, 1.165) is 18.4 Å². The monoisotopic (exact) mass is 300 g/mol. The molecule has 2 aliphatic rings. The number of nitrogens with zero attached hydrogens (tertiary/aromatic N) is 2. The van der Waals surface area contributed by atoms with Crippen molar-refractivity contribution in [2.24, 2.45) is 0 Å². The maximum absolute atomic E-state index is 13.3. The van der Waals surface area contributed by atoms with Gasteiger partial charge in [0.05, 0.1) is 6.20 Å². The van der Waals surface area contributed by atoms with Gasteiger partial charge in [-0.1, -0.05) is 12.1 Å². The Kier molecular flexibility index (Phi) is 3.18. The number of hydrogen-bond donors (Lipinski definition) is 2. The minimum atomic E-state index is -0.303. The summed E-state index contributed by atoms with van der Waals surface area (Å²) in [6.45, 7) is 0. The maximum atomic E-state index is 13.3. The van der Waals surface area contributed by atoms with Crippen molar-refractivity contribution in [1.29, 1.82) is 0 Å². The van der Waals surface area contributed by atoms with Crippen LogP contribution in [0, 0.1) is 5.82 Å². The van der Waals surface area contributed by atoms with Crippen molar-refractivity contribution >= 4 is 6.03 Å². The molecule has 0 radical (unpaired) electrons. The molecule has 5 nitrogen and oxygen atoms in total. The SMILES string of the molecule is O=C(NC1CC2CCC1N2)n1cc(-c2cccc(F)c2)cn1. The molecular formula is C16H17FN4O. The molecule has 3 heterocycles. The van der Waals surface area contributed by atoms with Crippen molar-refractivity contribution in [2.75, 3.05) is 0 Å². The van der Waals surface area contributed by atoms with E-state index in [1.807, 2.05) is 0 Å². The molecule has 3 atom stereocenters. The van der Waals surface area contributed by atoms with Gasteiger partial charge in [0, 0.05) is 29.9 Å². The second kappa shape index (κ2) is 5.21. The minimum Gasteiger partial charge on any atom is -0.332 e. The fraction of sp³-hybridized carbons (Fsp3) is 0.375. The fourth-order valence-electron chi connectivity index (χ4n) is 3.46. The topological polar surface area (TPSA) is 59.0 Å². The zero-order valence-electron chi connectivity index (χ0n) is 12.0. The molecule has 1 aromatic carbocycles. The molecule has 114 valence electrons. The van der Waals surface area contributed by atoms with E-state index in [4.69, 9.17) is 0 Å². The van der Waals surface area contributed by atoms with Gasteiger partial charge in [-0.25, -0.2) is 9.18 Å². The summed E-state index contributed by atoms with van der Waals surface area (Å²) in [7, 11) is 0. The third kappa shape index (κ3) is 2.39. The first-order valence-corrected chi connectivity index (χ1v) is 7.56. The van der Waals surface area contributed by atoms with Gasteiger partial charge in [-0.15, -0.1) is 0 Å². The highest BCUT2D eigenvalue weighted by atomic mass is 19.1. The maximum Gasteiger partial charge on any atom is 0.342 e. The molecule has 3 unspecified atom stereocenters. The molecule has 4 rings (SSSR count). The van der Waals surface area contributed by atoms with Crippen LogP contribution in [-0.4, -0.2) is 33.9 Å². The Hall–Kier alpha value is -2.21. The van der Waals surface area contributed by atoms with Crippen LogP contribution < -0.4 is 10.6 Å². The van der Waals surface area contributed by atoms with Crippen LogP contribution in [0.25, 0.3) is 11.1 Å². The van der Waals surface area contributed by atoms with E-state index in [1.54, 1.807) is 24.5 Å². The Morgan fingerprint density at radius 1 is 1.36 bits per heavy atom. The zero-order chi connectivity index (χ0) is 15.1. The lowest BCUT2D eigenvalue weighted by Gasteiger charge is -2.21. The number of aromatic nitrogens is 2. The number of hydrogen-bond acceptors (Lipinski definition) is 3. The lowest BCUT2D eigenvalue weighted by atomic mass is 9.96. The Labute approximate surface area is 127 Å². The highest BCUT2D eigenvalue weighted by Gasteiger charge is 2.39. The van der Waals surface area contributed by atoms with Crippen molar-refractivity contribution in [3.8, 4) is 11.1 Å². The van der Waals surface area contributed by atoms with Crippen LogP contribution in [0.3, 0.4) is 0 Å². The second-order valence-corrected chi connectivity index (χ2v) is 6.02. The number of benzene rings is 1. The van der Waals surface area contributed by atoms with Gasteiger partial charge in [0.1, 0.15) is 5.82 Å². The lowest BCUT2D eigenvalue weighted by Crippen LogP contribution is -2.44. The van der Waals surface area contributed by atoms with Gasteiger partial charge in [0.25, 0.3) is 0 Å². The smallest absolute Gasteiger partial charge is 0.332 e. The first-order chi connectivity index (χ1) is 10.7. The first-order valence-electron chi connectivity index (χ1n) is 7.56. The Balaban J connectivity index is 1.48. The lowest BCUT2D eigenvalue weighted by molar-refractivity contribution is 0.233. The highest BCUT2D eigenvalue weighted by Crippen LogP contribution is 2.28. The Bertz CT molecular complexity index is 714. The van der Waals surface area contributed by atoms with Gasteiger partial charge < -0.3 is 10.6 Å². The summed E-state index contributed by atoms with van der Waals surface area (Å²) in [4.78, 5) is 12.3. The molecule has 2 bridgehead atoms. The molecule has 0 saturated carbocycles. The number of amides is 1. The van der Waals surface area contributed by atoms with Crippen LogP contribution in [0.1, 0.15) is 19.3 Å². The van der Waals surface area contributed by atoms with E-state index in [1.165, 1.54) is 23.2 Å². The fourth-order valence-corrected chi connectivity index (χ4v) is 3.46. The van der Waals surface area contributed by atoms with Crippen LogP contribution in [0.4, 0.5) is 9.18 Å². The Morgan fingerprint density at radius 3 is 3.00 bits per heavy atom. The summed E-state index contributed by atoms with van der Waals surface area (Å²) in [5.74, 6) is -0.303. The second-order valence-electron chi connectivity index (χ2n) is 6.02. The van der Waals surface area contributed by atoms with E-state index in [2.05, 4.69) is 15.7 Å². The highest BCUT2D eigenvalue weighted by molar-refractivity contribution is 5.78. The number of carbonyl (C=O) groups excluding carboxylic acids is 1. The number of halogens is 1. The summed E-state index contributed by atoms with van der Waals surface area (Å²) < 4.78 is 14.5. The van der Waals surface area contributed by atoms with Gasteiger partial charge in [0.2, 0.25) is 0 Å². The third-order valence-corrected chi connectivity index (χ3v) is 4.56. The molecule has 1 amide bonds. The average Bonchev–Trinajstić information content (AvgIpc) is 3.23. The number of fused-ring (bicyclic) bond motifs is 2. The van der Waals surface area contributed by atoms with Crippen LogP contribution >= 0.6 is 0 Å². The van der Waals surface area contributed by atoms with Gasteiger partial charge >= 0.3 is 6.03 Å². The molecule has 2 aliphatic heterocycles. The standard InChI is InChI=1S/C16H17FN4O/c17-12-3-1-2-10(6-12)11-8-18-21(9-11)16(22)20-15-7-13-4-5-14(15)19-13/h1-3,6,8-9,13-15,19H,4-5,7H2,(H,20,22). The quantitative estimate of drug-likeness (QED) is 0.893. The molecule has 0 spiro atoms. The van der Waals surface area contributed by atoms with E-state index >= 15 is 0 Å². The van der Waals surface area contributed by atoms with E-state index in [0.29, 0.717) is 17.6 Å². The largest absolute Gasteiger partial charge is 0.342 e. The predicted molar refractivity (Wildman–Crippen MR) is 79.9 cm³/mol. The normalized spacial score (nSPS) is 26.3. The summed E-state index contributed by atoms with van der Waals surface area (Å²) in [5, 5.41) is 10.6. The van der Waals surface area contributed by atoms with Crippen LogP contribution in [0.15, 0.2) is 36.7 Å². The van der Waals surface area contributed by atoms with Crippen molar-refractivity contribution < 1.29 is 9.18 Å². The van der Waals surface area contributed by atoms with Crippen molar-refractivity contribution in [1.82, 2.24) is 20.4 Å². The van der Waals surface area contributed by atoms with Gasteiger partial charge in [-0.05, 0) is 37.0 Å². The molecular weight excluding hydrogens is 283 g/mol. The minimum absolute atomic E-state index is 0.174. The van der Waals surface area contributed by atoms with Gasteiger partial charge in [0.15, 0.2) is 0 Å². The molecule has 22 heavy (non-hydrogen) atoms. The van der Waals surface area contributed by atoms with Gasteiger partial charge in [-0.3, -0.25) is 0 Å². The Morgan fingerprint density at radius 2 is 2.27 bits per heavy atom. The molecule has 0 aliphatic carbocycles.